The van der Waals surface area contributed by atoms with Gasteiger partial charge in [-0.15, -0.1) is 0 Å². The number of ether oxygens (including phenoxy) is 1. The molecule has 0 spiro atoms. The molecule has 142 valence electrons. The van der Waals surface area contributed by atoms with Crippen LogP contribution in [0.1, 0.15) is 31.1 Å². The molecule has 0 aliphatic rings. The van der Waals surface area contributed by atoms with Gasteiger partial charge < -0.3 is 15.0 Å². The van der Waals surface area contributed by atoms with Crippen LogP contribution < -0.4 is 10.2 Å². The van der Waals surface area contributed by atoms with Crippen LogP contribution in [0.15, 0.2) is 42.6 Å². The fraction of sp³-hybridized carbons (Fsp3) is 0.364. The fourth-order valence-electron chi connectivity index (χ4n) is 3.46. The van der Waals surface area contributed by atoms with Crippen LogP contribution in [-0.4, -0.2) is 43.7 Å². The molecule has 0 aliphatic heterocycles. The van der Waals surface area contributed by atoms with Gasteiger partial charge in [-0.1, -0.05) is 36.4 Å². The normalized spacial score (nSPS) is 11.3. The summed E-state index contributed by atoms with van der Waals surface area (Å²) < 4.78 is 5.25. The van der Waals surface area contributed by atoms with E-state index in [0.717, 1.165) is 53.5 Å². The summed E-state index contributed by atoms with van der Waals surface area (Å²) in [6, 6.07) is 12.3. The van der Waals surface area contributed by atoms with Crippen molar-refractivity contribution in [1.29, 1.82) is 0 Å². The second-order valence-electron chi connectivity index (χ2n) is 6.58. The molecule has 0 fully saturated rings. The van der Waals surface area contributed by atoms with Gasteiger partial charge in [-0.2, -0.15) is 0 Å². The third-order valence-electron chi connectivity index (χ3n) is 5.04. The van der Waals surface area contributed by atoms with E-state index in [-0.39, 0.29) is 5.97 Å². The molecular formula is C22H28N3O2+. The van der Waals surface area contributed by atoms with Crippen molar-refractivity contribution < 1.29 is 14.4 Å². The van der Waals surface area contributed by atoms with Crippen LogP contribution in [0.25, 0.3) is 21.7 Å². The molecule has 2 aromatic carbocycles. The van der Waals surface area contributed by atoms with Gasteiger partial charge in [0.1, 0.15) is 5.56 Å². The van der Waals surface area contributed by atoms with Crippen LogP contribution in [-0.2, 0) is 4.74 Å². The minimum Gasteiger partial charge on any atom is -0.462 e. The van der Waals surface area contributed by atoms with Crippen LogP contribution in [0.3, 0.4) is 0 Å². The molecule has 27 heavy (non-hydrogen) atoms. The van der Waals surface area contributed by atoms with E-state index >= 15 is 0 Å². The number of carbonyl (C=O) groups excluding carboxylic acids is 1. The van der Waals surface area contributed by atoms with E-state index in [1.165, 1.54) is 4.90 Å². The SMILES string of the molecule is CCOC(=O)c1cnc2c(ccc3ccccc32)c1NCC[NH+](CC)CC. The highest BCUT2D eigenvalue weighted by Gasteiger charge is 2.18. The Kier molecular flexibility index (Phi) is 6.24. The summed E-state index contributed by atoms with van der Waals surface area (Å²) in [5.74, 6) is -0.335. The number of nitrogens with zero attached hydrogens (tertiary/aromatic N) is 1. The van der Waals surface area contributed by atoms with Gasteiger partial charge in [-0.25, -0.2) is 4.79 Å². The zero-order valence-corrected chi connectivity index (χ0v) is 16.3. The van der Waals surface area contributed by atoms with Crippen molar-refractivity contribution in [3.8, 4) is 0 Å². The van der Waals surface area contributed by atoms with E-state index in [4.69, 9.17) is 4.74 Å². The van der Waals surface area contributed by atoms with E-state index < -0.39 is 0 Å². The number of esters is 1. The van der Waals surface area contributed by atoms with Gasteiger partial charge in [-0.05, 0) is 26.2 Å². The minimum atomic E-state index is -0.335. The molecule has 0 amide bonds. The van der Waals surface area contributed by atoms with Crippen LogP contribution in [0, 0.1) is 0 Å². The quantitative estimate of drug-likeness (QED) is 0.475. The Morgan fingerprint density at radius 1 is 1.07 bits per heavy atom. The molecule has 0 aliphatic carbocycles. The third kappa shape index (κ3) is 4.03. The van der Waals surface area contributed by atoms with Crippen molar-refractivity contribution in [3.05, 3.63) is 48.2 Å². The Bertz CT molecular complexity index is 935. The zero-order valence-electron chi connectivity index (χ0n) is 16.3. The average Bonchev–Trinajstić information content (AvgIpc) is 2.71. The van der Waals surface area contributed by atoms with E-state index in [2.05, 4.69) is 42.3 Å². The van der Waals surface area contributed by atoms with Gasteiger partial charge in [-0.3, -0.25) is 4.98 Å². The Labute approximate surface area is 160 Å². The highest BCUT2D eigenvalue weighted by molar-refractivity contribution is 6.13. The highest BCUT2D eigenvalue weighted by atomic mass is 16.5. The maximum Gasteiger partial charge on any atom is 0.341 e. The maximum absolute atomic E-state index is 12.5. The number of aromatic nitrogens is 1. The number of benzene rings is 2. The molecule has 3 aromatic rings. The summed E-state index contributed by atoms with van der Waals surface area (Å²) in [7, 11) is 0. The number of pyridine rings is 1. The summed E-state index contributed by atoms with van der Waals surface area (Å²) in [4.78, 5) is 18.6. The zero-order chi connectivity index (χ0) is 19.2. The molecule has 1 aromatic heterocycles. The van der Waals surface area contributed by atoms with E-state index in [0.29, 0.717) is 12.2 Å². The number of likely N-dealkylation sites (N-methyl/N-ethyl adjacent to an activating group) is 1. The lowest BCUT2D eigenvalue weighted by Gasteiger charge is -2.18. The molecular weight excluding hydrogens is 338 g/mol. The predicted octanol–water partition coefficient (Wildman–Crippen LogP) is 2.90. The number of hydrogen-bond donors (Lipinski definition) is 2. The van der Waals surface area contributed by atoms with Crippen LogP contribution >= 0.6 is 0 Å². The smallest absolute Gasteiger partial charge is 0.341 e. The van der Waals surface area contributed by atoms with Crippen molar-refractivity contribution in [2.24, 2.45) is 0 Å². The molecule has 0 radical (unpaired) electrons. The van der Waals surface area contributed by atoms with Gasteiger partial charge in [0, 0.05) is 17.0 Å². The van der Waals surface area contributed by atoms with Crippen molar-refractivity contribution in [3.63, 3.8) is 0 Å². The third-order valence-corrected chi connectivity index (χ3v) is 5.04. The molecule has 0 bridgehead atoms. The van der Waals surface area contributed by atoms with Gasteiger partial charge >= 0.3 is 5.97 Å². The Morgan fingerprint density at radius 3 is 2.59 bits per heavy atom. The van der Waals surface area contributed by atoms with Crippen LogP contribution in [0.5, 0.6) is 0 Å². The Balaban J connectivity index is 2.05. The number of hydrogen-bond acceptors (Lipinski definition) is 4. The molecule has 5 heteroatoms. The van der Waals surface area contributed by atoms with Crippen molar-refractivity contribution >= 4 is 33.3 Å². The van der Waals surface area contributed by atoms with Gasteiger partial charge in [0.2, 0.25) is 0 Å². The number of nitrogens with one attached hydrogen (secondary N) is 2. The number of carbonyl (C=O) groups is 1. The molecule has 0 unspecified atom stereocenters. The van der Waals surface area contributed by atoms with E-state index in [1.807, 2.05) is 25.1 Å². The first-order chi connectivity index (χ1) is 13.2. The first-order valence-electron chi connectivity index (χ1n) is 9.74. The number of anilines is 1. The highest BCUT2D eigenvalue weighted by Crippen LogP contribution is 2.31. The molecule has 3 rings (SSSR count). The van der Waals surface area contributed by atoms with E-state index in [1.54, 1.807) is 6.20 Å². The lowest BCUT2D eigenvalue weighted by molar-refractivity contribution is -0.894. The largest absolute Gasteiger partial charge is 0.462 e. The molecule has 0 atom stereocenters. The number of fused-ring (bicyclic) bond motifs is 3. The lowest BCUT2D eigenvalue weighted by Crippen LogP contribution is -3.12. The van der Waals surface area contributed by atoms with Crippen molar-refractivity contribution in [2.45, 2.75) is 20.8 Å². The molecule has 0 saturated carbocycles. The van der Waals surface area contributed by atoms with Gasteiger partial charge in [0.05, 0.1) is 44.0 Å². The first-order valence-corrected chi connectivity index (χ1v) is 9.74. The Hall–Kier alpha value is -2.66. The monoisotopic (exact) mass is 366 g/mol. The summed E-state index contributed by atoms with van der Waals surface area (Å²) in [5.41, 5.74) is 2.21. The average molecular weight is 366 g/mol. The summed E-state index contributed by atoms with van der Waals surface area (Å²) >= 11 is 0. The Morgan fingerprint density at radius 2 is 1.85 bits per heavy atom. The first kappa shape index (κ1) is 19.1. The maximum atomic E-state index is 12.5. The second kappa shape index (κ2) is 8.82. The predicted molar refractivity (Wildman–Crippen MR) is 111 cm³/mol. The topological polar surface area (TPSA) is 55.7 Å². The fourth-order valence-corrected chi connectivity index (χ4v) is 3.46. The lowest BCUT2D eigenvalue weighted by atomic mass is 10.0. The molecule has 1 heterocycles. The molecule has 5 nitrogen and oxygen atoms in total. The number of quaternary nitrogens is 1. The summed E-state index contributed by atoms with van der Waals surface area (Å²) in [6.07, 6.45) is 1.64. The van der Waals surface area contributed by atoms with Crippen molar-refractivity contribution in [1.82, 2.24) is 4.98 Å². The van der Waals surface area contributed by atoms with Crippen LogP contribution in [0.2, 0.25) is 0 Å². The van der Waals surface area contributed by atoms with E-state index in [9.17, 15) is 4.79 Å². The van der Waals surface area contributed by atoms with Crippen molar-refractivity contribution in [2.75, 3.05) is 38.1 Å². The van der Waals surface area contributed by atoms with Gasteiger partial charge in [0.25, 0.3) is 0 Å². The summed E-state index contributed by atoms with van der Waals surface area (Å²) in [5, 5.41) is 6.68. The van der Waals surface area contributed by atoms with Gasteiger partial charge in [0.15, 0.2) is 0 Å². The standard InChI is InChI=1S/C22H27N3O2/c1-4-25(5-2)14-13-23-21-18-12-11-16-9-7-8-10-17(16)20(18)24-15-19(21)22(26)27-6-3/h7-12,15H,4-6,13-14H2,1-3H3,(H,23,24)/p+1. The minimum absolute atomic E-state index is 0.335. The molecule has 2 N–H and O–H groups in total. The molecule has 0 saturated heterocycles. The van der Waals surface area contributed by atoms with Crippen LogP contribution in [0.4, 0.5) is 5.69 Å². The second-order valence-corrected chi connectivity index (χ2v) is 6.58. The number of rotatable bonds is 8. The summed E-state index contributed by atoms with van der Waals surface area (Å²) in [6.45, 7) is 10.5.